The summed E-state index contributed by atoms with van der Waals surface area (Å²) in [6, 6.07) is 6.14. The van der Waals surface area contributed by atoms with Crippen LogP contribution in [0.2, 0.25) is 0 Å². The van der Waals surface area contributed by atoms with E-state index in [-0.39, 0.29) is 0 Å². The van der Waals surface area contributed by atoms with E-state index in [0.29, 0.717) is 0 Å². The summed E-state index contributed by atoms with van der Waals surface area (Å²) in [6.07, 6.45) is 3.71. The molecule has 0 fully saturated rings. The van der Waals surface area contributed by atoms with Gasteiger partial charge < -0.3 is 4.98 Å². The molecule has 0 bridgehead atoms. The Hall–Kier alpha value is -1.77. The highest BCUT2D eigenvalue weighted by Crippen LogP contribution is 2.24. The average Bonchev–Trinajstić information content (AvgIpc) is 2.64. The Morgan fingerprint density at radius 3 is 3.25 bits per heavy atom. The molecule has 0 atom stereocenters. The van der Waals surface area contributed by atoms with Gasteiger partial charge in [0.25, 0.3) is 0 Å². The van der Waals surface area contributed by atoms with Gasteiger partial charge in [-0.2, -0.15) is 10.5 Å². The molecule has 1 aromatic heterocycles. The Bertz CT molecular complexity index is 468. The Balaban J connectivity index is 2.43. The number of hydrogen-bond donors (Lipinski definition) is 1. The molecule has 2 aromatic rings. The molecule has 3 heteroatoms. The summed E-state index contributed by atoms with van der Waals surface area (Å²) in [4.78, 5) is 3.13. The predicted molar refractivity (Wildman–Crippen MR) is 47.7 cm³/mol. The number of hydrogen-bond acceptors (Lipinski definition) is 1. The van der Waals surface area contributed by atoms with Gasteiger partial charge in [-0.1, -0.05) is 0 Å². The number of rotatable bonds is 0. The van der Waals surface area contributed by atoms with Crippen molar-refractivity contribution < 1.29 is 0 Å². The maximum Gasteiger partial charge on any atom is 0.0966 e. The minimum Gasteiger partial charge on any atom is -0.361 e. The first kappa shape index (κ1) is 5.83. The van der Waals surface area contributed by atoms with Crippen molar-refractivity contribution in [2.75, 3.05) is 0 Å². The molecule has 1 aliphatic heterocycles. The second-order valence-electron chi connectivity index (χ2n) is 2.82. The van der Waals surface area contributed by atoms with Crippen LogP contribution in [0.4, 0.5) is 5.69 Å². The third-order valence-electron chi connectivity index (χ3n) is 2.06. The molecule has 3 rings (SSSR count). The molecule has 0 saturated carbocycles. The van der Waals surface area contributed by atoms with Crippen LogP contribution in [0.5, 0.6) is 0 Å². The standard InChI is InChI=1S/C9H6N3/c1-2-10-8-4-9-7(3-6(1)8)5-11-12-9/h1-5,10H. The minimum absolute atomic E-state index is 0.949. The van der Waals surface area contributed by atoms with Crippen molar-refractivity contribution in [2.24, 2.45) is 5.10 Å². The first-order valence-corrected chi connectivity index (χ1v) is 3.79. The number of nitrogens with zero attached hydrogens (tertiary/aromatic N) is 2. The molecule has 12 heavy (non-hydrogen) atoms. The number of aromatic nitrogens is 1. The van der Waals surface area contributed by atoms with Gasteiger partial charge in [0.15, 0.2) is 0 Å². The molecule has 3 nitrogen and oxygen atoms in total. The fraction of sp³-hybridized carbons (Fsp3) is 0. The van der Waals surface area contributed by atoms with Gasteiger partial charge in [0, 0.05) is 22.7 Å². The van der Waals surface area contributed by atoms with E-state index in [0.717, 1.165) is 16.8 Å². The van der Waals surface area contributed by atoms with Crippen molar-refractivity contribution in [3.63, 3.8) is 0 Å². The van der Waals surface area contributed by atoms with Crippen LogP contribution in [-0.2, 0) is 0 Å². The zero-order chi connectivity index (χ0) is 7.97. The molecule has 0 unspecified atom stereocenters. The summed E-state index contributed by atoms with van der Waals surface area (Å²) >= 11 is 0. The topological polar surface area (TPSA) is 42.2 Å². The average molecular weight is 156 g/mol. The first-order chi connectivity index (χ1) is 5.93. The minimum atomic E-state index is 0.949. The lowest BCUT2D eigenvalue weighted by Crippen LogP contribution is -1.81. The van der Waals surface area contributed by atoms with Crippen LogP contribution in [0.3, 0.4) is 0 Å². The number of H-pyrrole nitrogens is 1. The van der Waals surface area contributed by atoms with E-state index in [4.69, 9.17) is 0 Å². The van der Waals surface area contributed by atoms with Crippen LogP contribution in [0.1, 0.15) is 5.56 Å². The molecule has 0 spiro atoms. The number of fused-ring (bicyclic) bond motifs is 2. The molecule has 0 amide bonds. The molecule has 1 radical (unpaired) electrons. The van der Waals surface area contributed by atoms with Gasteiger partial charge in [0.2, 0.25) is 0 Å². The van der Waals surface area contributed by atoms with E-state index in [1.807, 2.05) is 18.3 Å². The maximum absolute atomic E-state index is 3.98. The van der Waals surface area contributed by atoms with Crippen molar-refractivity contribution >= 4 is 22.8 Å². The van der Waals surface area contributed by atoms with Crippen molar-refractivity contribution in [1.82, 2.24) is 10.4 Å². The smallest absolute Gasteiger partial charge is 0.0966 e. The SMILES string of the molecule is C1=N[N]c2cc3[nH]ccc3cc21. The highest BCUT2D eigenvalue weighted by Gasteiger charge is 2.08. The fourth-order valence-corrected chi connectivity index (χ4v) is 1.45. The monoisotopic (exact) mass is 156 g/mol. The number of benzene rings is 1. The quantitative estimate of drug-likeness (QED) is 0.603. The predicted octanol–water partition coefficient (Wildman–Crippen LogP) is 1.75. The van der Waals surface area contributed by atoms with E-state index in [9.17, 15) is 0 Å². The Morgan fingerprint density at radius 2 is 2.25 bits per heavy atom. The Kier molecular flexibility index (Phi) is 0.913. The van der Waals surface area contributed by atoms with Crippen molar-refractivity contribution in [1.29, 1.82) is 0 Å². The maximum atomic E-state index is 3.98. The zero-order valence-corrected chi connectivity index (χ0v) is 6.28. The van der Waals surface area contributed by atoms with Gasteiger partial charge >= 0.3 is 0 Å². The summed E-state index contributed by atoms with van der Waals surface area (Å²) < 4.78 is 0. The Morgan fingerprint density at radius 1 is 1.25 bits per heavy atom. The van der Waals surface area contributed by atoms with Crippen molar-refractivity contribution in [2.45, 2.75) is 0 Å². The third kappa shape index (κ3) is 0.625. The van der Waals surface area contributed by atoms with E-state index in [2.05, 4.69) is 21.6 Å². The molecular weight excluding hydrogens is 150 g/mol. The molecule has 2 heterocycles. The molecule has 0 aliphatic carbocycles. The third-order valence-corrected chi connectivity index (χ3v) is 2.06. The van der Waals surface area contributed by atoms with E-state index in [1.54, 1.807) is 6.21 Å². The largest absolute Gasteiger partial charge is 0.361 e. The molecular formula is C9H6N3. The summed E-state index contributed by atoms with van der Waals surface area (Å²) in [5.41, 5.74) is 7.14. The normalized spacial score (nSPS) is 13.3. The molecule has 0 saturated heterocycles. The Labute approximate surface area is 69.1 Å². The van der Waals surface area contributed by atoms with Gasteiger partial charge in [-0.3, -0.25) is 0 Å². The molecule has 57 valence electrons. The number of nitrogens with one attached hydrogen (secondary N) is 1. The van der Waals surface area contributed by atoms with E-state index >= 15 is 0 Å². The molecule has 1 aliphatic rings. The lowest BCUT2D eigenvalue weighted by atomic mass is 10.1. The summed E-state index contributed by atoms with van der Waals surface area (Å²) in [7, 11) is 0. The van der Waals surface area contributed by atoms with Crippen LogP contribution in [0.15, 0.2) is 29.5 Å². The van der Waals surface area contributed by atoms with Crippen molar-refractivity contribution in [3.05, 3.63) is 30.0 Å². The van der Waals surface area contributed by atoms with E-state index in [1.165, 1.54) is 5.39 Å². The van der Waals surface area contributed by atoms with Crippen molar-refractivity contribution in [3.8, 4) is 0 Å². The zero-order valence-electron chi connectivity index (χ0n) is 6.28. The summed E-state index contributed by atoms with van der Waals surface area (Å²) in [6.45, 7) is 0. The van der Waals surface area contributed by atoms with Crippen LogP contribution >= 0.6 is 0 Å². The van der Waals surface area contributed by atoms with Gasteiger partial charge in [-0.15, -0.1) is 0 Å². The second-order valence-corrected chi connectivity index (χ2v) is 2.82. The van der Waals surface area contributed by atoms with Crippen LogP contribution in [0, 0.1) is 0 Å². The molecule has 1 aromatic carbocycles. The van der Waals surface area contributed by atoms with Crippen LogP contribution in [0.25, 0.3) is 10.9 Å². The lowest BCUT2D eigenvalue weighted by Gasteiger charge is -1.94. The van der Waals surface area contributed by atoms with Crippen LogP contribution < -0.4 is 5.43 Å². The summed E-state index contributed by atoms with van der Waals surface area (Å²) in [5.74, 6) is 0. The summed E-state index contributed by atoms with van der Waals surface area (Å²) in [5, 5.41) is 5.05. The lowest BCUT2D eigenvalue weighted by molar-refractivity contribution is 0.993. The van der Waals surface area contributed by atoms with E-state index < -0.39 is 0 Å². The highest BCUT2D eigenvalue weighted by molar-refractivity contribution is 5.96. The second kappa shape index (κ2) is 1.88. The van der Waals surface area contributed by atoms with Gasteiger partial charge in [0.05, 0.1) is 11.9 Å². The van der Waals surface area contributed by atoms with Gasteiger partial charge in [0.1, 0.15) is 0 Å². The number of aromatic amines is 1. The fourth-order valence-electron chi connectivity index (χ4n) is 1.45. The van der Waals surface area contributed by atoms with Gasteiger partial charge in [-0.05, 0) is 18.2 Å². The van der Waals surface area contributed by atoms with Crippen LogP contribution in [-0.4, -0.2) is 11.2 Å². The molecule has 1 N–H and O–H groups in total. The highest BCUT2D eigenvalue weighted by atomic mass is 15.3. The first-order valence-electron chi connectivity index (χ1n) is 3.79. The van der Waals surface area contributed by atoms with Gasteiger partial charge in [-0.25, -0.2) is 0 Å².